The number of carbonyl (C=O) groups excluding carboxylic acids is 3. The first kappa shape index (κ1) is 70.1. The molecule has 0 saturated heterocycles. The number of allylic oxidation sites excluding steroid dienone is 18. The Hall–Kier alpha value is -3.93. The van der Waals surface area contributed by atoms with Crippen molar-refractivity contribution in [2.45, 2.75) is 290 Å². The minimum absolute atomic E-state index is 0.0858. The Kier molecular flexibility index (Phi) is 58.3. The van der Waals surface area contributed by atoms with E-state index >= 15 is 0 Å². The highest BCUT2D eigenvalue weighted by atomic mass is 16.6. The van der Waals surface area contributed by atoms with Gasteiger partial charge < -0.3 is 14.2 Å². The average molecular weight is 1030 g/mol. The average Bonchev–Trinajstić information content (AvgIpc) is 3.40. The third kappa shape index (κ3) is 59.0. The van der Waals surface area contributed by atoms with Gasteiger partial charge in [-0.15, -0.1) is 0 Å². The first-order valence-corrected chi connectivity index (χ1v) is 30.9. The lowest BCUT2D eigenvalue weighted by molar-refractivity contribution is -0.167. The van der Waals surface area contributed by atoms with Crippen LogP contribution in [-0.4, -0.2) is 37.2 Å². The van der Waals surface area contributed by atoms with E-state index in [0.717, 1.165) is 141 Å². The molecule has 0 radical (unpaired) electrons. The lowest BCUT2D eigenvalue weighted by atomic mass is 10.0. The molecule has 1 unspecified atom stereocenters. The van der Waals surface area contributed by atoms with Gasteiger partial charge in [0.25, 0.3) is 0 Å². The third-order valence-corrected chi connectivity index (χ3v) is 12.9. The molecule has 0 aliphatic rings. The molecule has 1 atom stereocenters. The molecule has 0 heterocycles. The minimum Gasteiger partial charge on any atom is -0.462 e. The maximum atomic E-state index is 12.8. The summed E-state index contributed by atoms with van der Waals surface area (Å²) in [6.07, 6.45) is 84.0. The van der Waals surface area contributed by atoms with Crippen molar-refractivity contribution in [1.82, 2.24) is 0 Å². The standard InChI is InChI=1S/C68H114O6/c1-4-7-10-13-16-19-22-24-25-26-27-28-29-30-31-32-33-34-35-36-37-38-39-40-41-42-43-45-46-49-52-55-58-61-67(70)73-64-65(63-72-66(69)60-57-54-51-48-21-18-15-12-9-6-3)74-68(71)62-59-56-53-50-47-44-23-20-17-14-11-8-5-2/h7,10-12,14-16,19-20,23-25,27-28,30-31,33-34,65H,4-6,8-9,13,17-18,21-22,26,29,32,35-64H2,1-3H3/b10-7-,14-11-,15-12-,19-16-,23-20-,25-24-,28-27-,31-30-,34-33-. The van der Waals surface area contributed by atoms with Gasteiger partial charge in [-0.1, -0.05) is 259 Å². The van der Waals surface area contributed by atoms with Gasteiger partial charge in [-0.2, -0.15) is 0 Å². The van der Waals surface area contributed by atoms with Crippen LogP contribution in [0.2, 0.25) is 0 Å². The molecule has 0 rings (SSSR count). The summed E-state index contributed by atoms with van der Waals surface area (Å²) in [6, 6.07) is 0. The molecule has 0 aromatic rings. The zero-order valence-corrected chi connectivity index (χ0v) is 48.3. The van der Waals surface area contributed by atoms with Crippen molar-refractivity contribution in [2.75, 3.05) is 13.2 Å². The summed E-state index contributed by atoms with van der Waals surface area (Å²) >= 11 is 0. The minimum atomic E-state index is -0.788. The second kappa shape index (κ2) is 61.6. The molecule has 0 fully saturated rings. The summed E-state index contributed by atoms with van der Waals surface area (Å²) in [5.41, 5.74) is 0. The number of ether oxygens (including phenoxy) is 3. The Morgan fingerprint density at radius 1 is 0.284 bits per heavy atom. The number of esters is 3. The molecule has 0 aromatic carbocycles. The van der Waals surface area contributed by atoms with Crippen LogP contribution in [0.25, 0.3) is 0 Å². The number of unbranched alkanes of at least 4 members (excludes halogenated alkanes) is 26. The first-order chi connectivity index (χ1) is 36.5. The van der Waals surface area contributed by atoms with E-state index in [0.29, 0.717) is 19.3 Å². The summed E-state index contributed by atoms with van der Waals surface area (Å²) in [7, 11) is 0. The Morgan fingerprint density at radius 3 is 0.851 bits per heavy atom. The second-order valence-electron chi connectivity index (χ2n) is 20.2. The van der Waals surface area contributed by atoms with Gasteiger partial charge in [0, 0.05) is 19.3 Å². The summed E-state index contributed by atoms with van der Waals surface area (Å²) < 4.78 is 16.8. The zero-order chi connectivity index (χ0) is 53.6. The molecule has 422 valence electrons. The first-order valence-electron chi connectivity index (χ1n) is 30.9. The SMILES string of the molecule is CC/C=C\C/C=C\C/C=C\C/C=C\C/C=C\C/C=C\CCCCCCCCCCCCCCCCC(=O)OCC(COC(=O)CCCCCCC/C=C\CCC)OC(=O)CCCCCCC/C=C\C/C=C\CCC. The molecule has 6 heteroatoms. The molecule has 0 saturated carbocycles. The van der Waals surface area contributed by atoms with E-state index in [-0.39, 0.29) is 31.1 Å². The highest BCUT2D eigenvalue weighted by molar-refractivity contribution is 5.71. The number of hydrogen-bond donors (Lipinski definition) is 0. The molecule has 0 aliphatic carbocycles. The van der Waals surface area contributed by atoms with Crippen molar-refractivity contribution in [1.29, 1.82) is 0 Å². The van der Waals surface area contributed by atoms with Crippen LogP contribution in [0.15, 0.2) is 109 Å². The molecule has 0 aromatic heterocycles. The number of carbonyl (C=O) groups is 3. The highest BCUT2D eigenvalue weighted by Gasteiger charge is 2.19. The predicted molar refractivity (Wildman–Crippen MR) is 320 cm³/mol. The summed E-state index contributed by atoms with van der Waals surface area (Å²) in [6.45, 7) is 6.38. The molecule has 6 nitrogen and oxygen atoms in total. The highest BCUT2D eigenvalue weighted by Crippen LogP contribution is 2.16. The molecule has 0 aliphatic heterocycles. The lowest BCUT2D eigenvalue weighted by Crippen LogP contribution is -2.30. The maximum Gasteiger partial charge on any atom is 0.306 e. The van der Waals surface area contributed by atoms with Crippen LogP contribution in [0, 0.1) is 0 Å². The van der Waals surface area contributed by atoms with E-state index in [2.05, 4.69) is 130 Å². The van der Waals surface area contributed by atoms with Crippen molar-refractivity contribution in [3.63, 3.8) is 0 Å². The van der Waals surface area contributed by atoms with Crippen molar-refractivity contribution < 1.29 is 28.6 Å². The molecule has 0 spiro atoms. The summed E-state index contributed by atoms with van der Waals surface area (Å²) in [4.78, 5) is 38.1. The zero-order valence-electron chi connectivity index (χ0n) is 48.3. The van der Waals surface area contributed by atoms with Crippen LogP contribution in [-0.2, 0) is 28.6 Å². The fourth-order valence-electron chi connectivity index (χ4n) is 8.37. The molecular formula is C68H114O6. The molecule has 74 heavy (non-hydrogen) atoms. The predicted octanol–water partition coefficient (Wildman–Crippen LogP) is 21.0. The second-order valence-corrected chi connectivity index (χ2v) is 20.2. The third-order valence-electron chi connectivity index (χ3n) is 12.9. The van der Waals surface area contributed by atoms with Crippen LogP contribution < -0.4 is 0 Å². The maximum absolute atomic E-state index is 12.8. The van der Waals surface area contributed by atoms with Gasteiger partial charge in [-0.3, -0.25) is 14.4 Å². The molecular weight excluding hydrogens is 913 g/mol. The van der Waals surface area contributed by atoms with E-state index in [1.54, 1.807) is 0 Å². The van der Waals surface area contributed by atoms with Gasteiger partial charge in [0.15, 0.2) is 6.10 Å². The van der Waals surface area contributed by atoms with Gasteiger partial charge in [0.1, 0.15) is 13.2 Å². The van der Waals surface area contributed by atoms with E-state index < -0.39 is 6.10 Å². The van der Waals surface area contributed by atoms with Gasteiger partial charge in [0.05, 0.1) is 0 Å². The Labute approximate surface area is 457 Å². The van der Waals surface area contributed by atoms with Crippen LogP contribution in [0.4, 0.5) is 0 Å². The van der Waals surface area contributed by atoms with Crippen molar-refractivity contribution >= 4 is 17.9 Å². The molecule has 0 bridgehead atoms. The van der Waals surface area contributed by atoms with Gasteiger partial charge >= 0.3 is 17.9 Å². The van der Waals surface area contributed by atoms with Crippen LogP contribution in [0.5, 0.6) is 0 Å². The van der Waals surface area contributed by atoms with Gasteiger partial charge in [-0.25, -0.2) is 0 Å². The normalized spacial score (nSPS) is 12.9. The summed E-state index contributed by atoms with van der Waals surface area (Å²) in [5.74, 6) is -0.909. The number of rotatable bonds is 55. The van der Waals surface area contributed by atoms with Crippen LogP contribution in [0.1, 0.15) is 284 Å². The van der Waals surface area contributed by atoms with Crippen LogP contribution >= 0.6 is 0 Å². The molecule has 0 N–H and O–H groups in total. The number of hydrogen-bond acceptors (Lipinski definition) is 6. The molecule has 0 amide bonds. The van der Waals surface area contributed by atoms with Crippen molar-refractivity contribution in [3.8, 4) is 0 Å². The van der Waals surface area contributed by atoms with E-state index in [9.17, 15) is 14.4 Å². The fraction of sp³-hybridized carbons (Fsp3) is 0.691. The smallest absolute Gasteiger partial charge is 0.306 e. The Balaban J connectivity index is 4.11. The monoisotopic (exact) mass is 1030 g/mol. The van der Waals surface area contributed by atoms with Crippen molar-refractivity contribution in [2.24, 2.45) is 0 Å². The van der Waals surface area contributed by atoms with Crippen LogP contribution in [0.3, 0.4) is 0 Å². The largest absolute Gasteiger partial charge is 0.462 e. The lowest BCUT2D eigenvalue weighted by Gasteiger charge is -2.18. The van der Waals surface area contributed by atoms with Crippen molar-refractivity contribution in [3.05, 3.63) is 109 Å². The van der Waals surface area contributed by atoms with E-state index in [4.69, 9.17) is 14.2 Å². The topological polar surface area (TPSA) is 78.9 Å². The Morgan fingerprint density at radius 2 is 0.527 bits per heavy atom. The quantitative estimate of drug-likeness (QED) is 0.0261. The van der Waals surface area contributed by atoms with E-state index in [1.807, 2.05) is 0 Å². The summed E-state index contributed by atoms with van der Waals surface area (Å²) in [5, 5.41) is 0. The Bertz CT molecular complexity index is 1510. The van der Waals surface area contributed by atoms with E-state index in [1.165, 1.54) is 103 Å². The fourth-order valence-corrected chi connectivity index (χ4v) is 8.37. The van der Waals surface area contributed by atoms with Gasteiger partial charge in [-0.05, 0) is 116 Å². The van der Waals surface area contributed by atoms with Gasteiger partial charge in [0.2, 0.25) is 0 Å².